The number of fused-ring (bicyclic) bond motifs is 6. The van der Waals surface area contributed by atoms with Gasteiger partial charge in [0.2, 0.25) is 5.69 Å². The minimum Gasteiger partial charge on any atom is -0.280 e. The van der Waals surface area contributed by atoms with Crippen molar-refractivity contribution in [1.82, 2.24) is 4.98 Å². The van der Waals surface area contributed by atoms with Crippen LogP contribution in [0.3, 0.4) is 0 Å². The van der Waals surface area contributed by atoms with E-state index in [4.69, 9.17) is 16.6 Å². The van der Waals surface area contributed by atoms with Gasteiger partial charge in [-0.1, -0.05) is 74.0 Å². The van der Waals surface area contributed by atoms with Crippen LogP contribution in [-0.2, 0) is 6.42 Å². The monoisotopic (exact) mass is 550 g/mol. The molecule has 0 amide bonds. The Balaban J connectivity index is 1.47. The van der Waals surface area contributed by atoms with Gasteiger partial charge in [0.05, 0.1) is 23.7 Å². The van der Waals surface area contributed by atoms with Gasteiger partial charge in [-0.15, -0.1) is 0 Å². The topological polar surface area (TPSA) is 29.1 Å². The van der Waals surface area contributed by atoms with Crippen molar-refractivity contribution in [3.8, 4) is 22.4 Å². The maximum atomic E-state index is 5.32. The van der Waals surface area contributed by atoms with Gasteiger partial charge in [-0.25, -0.2) is 0 Å². The third kappa shape index (κ3) is 4.65. The zero-order valence-corrected chi connectivity index (χ0v) is 24.9. The van der Waals surface area contributed by atoms with E-state index in [1.54, 1.807) is 0 Å². The minimum absolute atomic E-state index is 0.107. The summed E-state index contributed by atoms with van der Waals surface area (Å²) in [4.78, 5) is 10.3. The first-order valence-electron chi connectivity index (χ1n) is 15.6. The van der Waals surface area contributed by atoms with Crippen molar-refractivity contribution < 1.29 is 4.57 Å². The lowest BCUT2D eigenvalue weighted by molar-refractivity contribution is -0.570. The summed E-state index contributed by atoms with van der Waals surface area (Å²) in [6.45, 7) is 13.2. The van der Waals surface area contributed by atoms with Crippen molar-refractivity contribution in [3.63, 3.8) is 0 Å². The van der Waals surface area contributed by atoms with Crippen molar-refractivity contribution in [2.75, 3.05) is 0 Å². The van der Waals surface area contributed by atoms with Crippen molar-refractivity contribution in [2.45, 2.75) is 76.7 Å². The van der Waals surface area contributed by atoms with Gasteiger partial charge in [-0.05, 0) is 86.4 Å². The number of nitrogens with zero attached hydrogens (tertiary/aromatic N) is 3. The smallest absolute Gasteiger partial charge is 0.218 e. The summed E-state index contributed by atoms with van der Waals surface area (Å²) in [6.07, 6.45) is 12.2. The second-order valence-corrected chi connectivity index (χ2v) is 12.4. The highest BCUT2D eigenvalue weighted by molar-refractivity contribution is 6.10. The number of rotatable bonds is 3. The Kier molecular flexibility index (Phi) is 6.98. The molecular formula is C39H40N3+. The normalized spacial score (nSPS) is 20.1. The van der Waals surface area contributed by atoms with Crippen molar-refractivity contribution in [1.29, 1.82) is 0 Å². The van der Waals surface area contributed by atoms with Crippen LogP contribution >= 0.6 is 0 Å². The molecule has 1 fully saturated rings. The van der Waals surface area contributed by atoms with Crippen LogP contribution in [0.1, 0.15) is 84.0 Å². The Morgan fingerprint density at radius 2 is 1.62 bits per heavy atom. The highest BCUT2D eigenvalue weighted by atomic mass is 15.0. The molecule has 2 aromatic carbocycles. The zero-order chi connectivity index (χ0) is 28.8. The van der Waals surface area contributed by atoms with Gasteiger partial charge in [-0.3, -0.25) is 9.98 Å². The Hall–Kier alpha value is -4.11. The number of aliphatic imine (C=N–C) groups is 1. The van der Waals surface area contributed by atoms with E-state index >= 15 is 0 Å². The molecule has 1 saturated carbocycles. The first-order valence-corrected chi connectivity index (χ1v) is 15.6. The number of allylic oxidation sites excluding steroid dienone is 1. The number of aromatic nitrogens is 2. The molecule has 0 saturated heterocycles. The van der Waals surface area contributed by atoms with E-state index < -0.39 is 0 Å². The van der Waals surface area contributed by atoms with Gasteiger partial charge >= 0.3 is 0 Å². The van der Waals surface area contributed by atoms with E-state index in [-0.39, 0.29) is 6.04 Å². The van der Waals surface area contributed by atoms with Gasteiger partial charge in [0.25, 0.3) is 0 Å². The van der Waals surface area contributed by atoms with E-state index in [2.05, 4.69) is 97.9 Å². The van der Waals surface area contributed by atoms with E-state index in [1.165, 1.54) is 70.3 Å². The molecule has 2 unspecified atom stereocenters. The van der Waals surface area contributed by atoms with E-state index in [0.29, 0.717) is 11.8 Å². The average Bonchev–Trinajstić information content (AvgIpc) is 3.55. The fourth-order valence-electron chi connectivity index (χ4n) is 7.81. The van der Waals surface area contributed by atoms with Crippen LogP contribution in [0.2, 0.25) is 0 Å². The largest absolute Gasteiger partial charge is 0.280 e. The first-order chi connectivity index (χ1) is 20.5. The molecule has 2 aromatic heterocycles. The van der Waals surface area contributed by atoms with Gasteiger partial charge < -0.3 is 0 Å². The lowest BCUT2D eigenvalue weighted by atomic mass is 9.78. The van der Waals surface area contributed by atoms with Crippen molar-refractivity contribution in [3.05, 3.63) is 126 Å². The Morgan fingerprint density at radius 3 is 2.40 bits per heavy atom. The maximum absolute atomic E-state index is 5.32. The summed E-state index contributed by atoms with van der Waals surface area (Å²) in [5, 5.41) is 0. The summed E-state index contributed by atoms with van der Waals surface area (Å²) < 4.78 is 2.39. The van der Waals surface area contributed by atoms with Crippen LogP contribution in [0.5, 0.6) is 0 Å². The molecule has 0 bridgehead atoms. The highest BCUT2D eigenvalue weighted by Gasteiger charge is 2.36. The molecule has 2 atom stereocenters. The second-order valence-electron chi connectivity index (χ2n) is 12.4. The number of benzene rings is 2. The molecule has 42 heavy (non-hydrogen) atoms. The van der Waals surface area contributed by atoms with E-state index in [0.717, 1.165) is 42.1 Å². The molecule has 1 aliphatic carbocycles. The first kappa shape index (κ1) is 26.8. The van der Waals surface area contributed by atoms with Crippen LogP contribution in [0, 0.1) is 13.8 Å². The lowest BCUT2D eigenvalue weighted by Gasteiger charge is -2.32. The zero-order valence-electron chi connectivity index (χ0n) is 24.9. The highest BCUT2D eigenvalue weighted by Crippen LogP contribution is 2.43. The molecule has 4 aromatic rings. The van der Waals surface area contributed by atoms with E-state index in [1.807, 2.05) is 6.08 Å². The van der Waals surface area contributed by atoms with Gasteiger partial charge in [-0.2, -0.15) is 4.57 Å². The number of aryl methyl sites for hydroxylation is 2. The summed E-state index contributed by atoms with van der Waals surface area (Å²) in [5.74, 6) is 0.893. The van der Waals surface area contributed by atoms with Crippen molar-refractivity contribution >= 4 is 11.4 Å². The SMILES string of the molecule is C=CC1=NC2CC(=C)[n+]3cc(-c4ccccc4)c(C4CCCC4)cc3-c3cc(C)nc(C)c3CCC2c2ccccc21. The van der Waals surface area contributed by atoms with Crippen LogP contribution < -0.4 is 4.57 Å². The lowest BCUT2D eigenvalue weighted by Crippen LogP contribution is -2.39. The van der Waals surface area contributed by atoms with Crippen LogP contribution in [-0.4, -0.2) is 16.7 Å². The number of pyridine rings is 2. The summed E-state index contributed by atoms with van der Waals surface area (Å²) in [6, 6.07) is 24.6. The van der Waals surface area contributed by atoms with Crippen molar-refractivity contribution in [2.24, 2.45) is 4.99 Å². The predicted octanol–water partition coefficient (Wildman–Crippen LogP) is 8.93. The second kappa shape index (κ2) is 10.9. The standard InChI is InChI=1S/C39H40N3/c1-5-37-32-18-12-11-17-31(32)33-20-19-30-27(4)40-25(2)21-35(30)39-23-34(28-15-9-10-16-28)36(29-13-7-6-8-14-29)24-42(39)26(3)22-38(33)41-37/h5-8,11-14,17-18,21,23-24,28,33,38H,1,3,9-10,15-16,19-20,22H2,2,4H3/q+1. The Labute approximate surface area is 250 Å². The molecule has 0 radical (unpaired) electrons. The molecule has 4 heterocycles. The maximum Gasteiger partial charge on any atom is 0.218 e. The number of hydrogen-bond donors (Lipinski definition) is 0. The van der Waals surface area contributed by atoms with Gasteiger partial charge in [0.15, 0.2) is 11.9 Å². The van der Waals surface area contributed by atoms with Gasteiger partial charge in [0.1, 0.15) is 0 Å². The third-order valence-corrected chi connectivity index (χ3v) is 9.83. The Morgan fingerprint density at radius 1 is 0.857 bits per heavy atom. The summed E-state index contributed by atoms with van der Waals surface area (Å²) in [5.41, 5.74) is 14.9. The average molecular weight is 551 g/mol. The minimum atomic E-state index is 0.107. The molecule has 0 N–H and O–H groups in total. The molecule has 2 aliphatic heterocycles. The summed E-state index contributed by atoms with van der Waals surface area (Å²) in [7, 11) is 0. The number of hydrogen-bond acceptors (Lipinski definition) is 2. The molecule has 0 spiro atoms. The Bertz CT molecular complexity index is 1720. The fourth-order valence-corrected chi connectivity index (χ4v) is 7.81. The van der Waals surface area contributed by atoms with Crippen LogP contribution in [0.15, 0.2) is 97.2 Å². The fraction of sp³-hybridized carbons (Fsp3) is 0.308. The predicted molar refractivity (Wildman–Crippen MR) is 174 cm³/mol. The van der Waals surface area contributed by atoms with Crippen LogP contribution in [0.25, 0.3) is 28.1 Å². The molecule has 7 rings (SSSR count). The molecule has 3 heteroatoms. The molecule has 3 aliphatic rings. The molecule has 3 nitrogen and oxygen atoms in total. The quantitative estimate of drug-likeness (QED) is 0.234. The summed E-state index contributed by atoms with van der Waals surface area (Å²) >= 11 is 0. The van der Waals surface area contributed by atoms with E-state index in [9.17, 15) is 0 Å². The molecular weight excluding hydrogens is 510 g/mol. The van der Waals surface area contributed by atoms with Gasteiger partial charge in [0, 0.05) is 34.5 Å². The van der Waals surface area contributed by atoms with Crippen LogP contribution in [0.4, 0.5) is 0 Å². The molecule has 210 valence electrons. The third-order valence-electron chi connectivity index (χ3n) is 9.83.